The summed E-state index contributed by atoms with van der Waals surface area (Å²) in [6.07, 6.45) is 9.00. The Morgan fingerprint density at radius 1 is 0.861 bits per heavy atom. The van der Waals surface area contributed by atoms with Crippen LogP contribution in [0.4, 0.5) is 26.3 Å². The molecule has 198 valence electrons. The van der Waals surface area contributed by atoms with Gasteiger partial charge in [0.15, 0.2) is 23.2 Å². The number of ether oxygens (including phenoxy) is 1. The lowest BCUT2D eigenvalue weighted by Gasteiger charge is -2.29. The van der Waals surface area contributed by atoms with Gasteiger partial charge in [-0.05, 0) is 74.5 Å². The minimum Gasteiger partial charge on any atom is -0.490 e. The second-order valence-electron chi connectivity index (χ2n) is 9.56. The Kier molecular flexibility index (Phi) is 10.7. The van der Waals surface area contributed by atoms with Crippen molar-refractivity contribution in [2.45, 2.75) is 77.0 Å². The molecule has 36 heavy (non-hydrogen) atoms. The molecule has 2 aromatic rings. The van der Waals surface area contributed by atoms with Crippen LogP contribution in [0.1, 0.15) is 82.6 Å². The smallest absolute Gasteiger partial charge is 0.201 e. The monoisotopic (exact) mass is 512 g/mol. The number of rotatable bonds is 12. The van der Waals surface area contributed by atoms with Gasteiger partial charge in [0.2, 0.25) is 5.82 Å². The van der Waals surface area contributed by atoms with E-state index in [1.807, 2.05) is 6.92 Å². The lowest BCUT2D eigenvalue weighted by molar-refractivity contribution is 0.286. The van der Waals surface area contributed by atoms with Crippen molar-refractivity contribution in [2.75, 3.05) is 13.3 Å². The second-order valence-corrected chi connectivity index (χ2v) is 9.56. The van der Waals surface area contributed by atoms with E-state index in [0.717, 1.165) is 38.5 Å². The summed E-state index contributed by atoms with van der Waals surface area (Å²) in [5, 5.41) is 0. The summed E-state index contributed by atoms with van der Waals surface area (Å²) in [7, 11) is 0. The fourth-order valence-electron chi connectivity index (χ4n) is 4.96. The molecule has 0 saturated heterocycles. The Balaban J connectivity index is 1.65. The van der Waals surface area contributed by atoms with E-state index in [4.69, 9.17) is 4.74 Å². The lowest BCUT2D eigenvalue weighted by Crippen LogP contribution is -2.15. The quantitative estimate of drug-likeness (QED) is 0.203. The van der Waals surface area contributed by atoms with Crippen LogP contribution in [0, 0.1) is 29.2 Å². The van der Waals surface area contributed by atoms with E-state index in [1.165, 1.54) is 30.3 Å². The molecule has 1 aliphatic rings. The Labute approximate surface area is 209 Å². The van der Waals surface area contributed by atoms with E-state index in [-0.39, 0.29) is 35.0 Å². The highest BCUT2D eigenvalue weighted by molar-refractivity contribution is 5.66. The number of unbranched alkanes of at least 4 members (excludes halogenated alkanes) is 3. The van der Waals surface area contributed by atoms with Crippen molar-refractivity contribution in [3.63, 3.8) is 0 Å². The first-order chi connectivity index (χ1) is 17.4. The van der Waals surface area contributed by atoms with Gasteiger partial charge in [0.25, 0.3) is 0 Å². The van der Waals surface area contributed by atoms with Crippen LogP contribution in [-0.2, 0) is 0 Å². The summed E-state index contributed by atoms with van der Waals surface area (Å²) in [5.41, 5.74) is -0.426. The molecule has 0 heterocycles. The van der Waals surface area contributed by atoms with Crippen molar-refractivity contribution in [1.82, 2.24) is 0 Å². The summed E-state index contributed by atoms with van der Waals surface area (Å²) in [6.45, 7) is 1.19. The summed E-state index contributed by atoms with van der Waals surface area (Å²) in [6, 6.07) is 5.24. The molecule has 0 bridgehead atoms. The Bertz CT molecular complexity index is 1030. The van der Waals surface area contributed by atoms with Gasteiger partial charge in [0.05, 0.1) is 6.61 Å². The highest BCUT2D eigenvalue weighted by atomic mass is 19.2. The molecule has 0 aromatic heterocycles. The molecule has 0 atom stereocenters. The lowest BCUT2D eigenvalue weighted by atomic mass is 9.76. The molecule has 0 aliphatic heterocycles. The van der Waals surface area contributed by atoms with Gasteiger partial charge in [0, 0.05) is 11.1 Å². The van der Waals surface area contributed by atoms with Crippen molar-refractivity contribution >= 4 is 0 Å². The number of allylic oxidation sites excluding steroid dienone is 2. The van der Waals surface area contributed by atoms with Crippen molar-refractivity contribution in [1.29, 1.82) is 0 Å². The van der Waals surface area contributed by atoms with Crippen molar-refractivity contribution in [3.05, 3.63) is 65.0 Å². The second kappa shape index (κ2) is 13.8. The number of hydrogen-bond acceptors (Lipinski definition) is 1. The van der Waals surface area contributed by atoms with Crippen LogP contribution < -0.4 is 4.74 Å². The minimum absolute atomic E-state index is 0.158. The van der Waals surface area contributed by atoms with Gasteiger partial charge in [-0.2, -0.15) is 4.39 Å². The van der Waals surface area contributed by atoms with E-state index < -0.39 is 35.8 Å². The van der Waals surface area contributed by atoms with Crippen LogP contribution in [0.15, 0.2) is 36.2 Å². The molecule has 0 amide bonds. The number of alkyl halides is 1. The van der Waals surface area contributed by atoms with Gasteiger partial charge in [0.1, 0.15) is 12.5 Å². The summed E-state index contributed by atoms with van der Waals surface area (Å²) in [5.74, 6) is -5.43. The Morgan fingerprint density at radius 3 is 2.19 bits per heavy atom. The average molecular weight is 513 g/mol. The maximum Gasteiger partial charge on any atom is 0.201 e. The highest BCUT2D eigenvalue weighted by Gasteiger charge is 2.27. The zero-order valence-electron chi connectivity index (χ0n) is 20.7. The molecule has 0 spiro atoms. The molecular formula is C29H34F6O. The zero-order chi connectivity index (χ0) is 26.1. The molecule has 1 fully saturated rings. The summed E-state index contributed by atoms with van der Waals surface area (Å²) in [4.78, 5) is 0. The van der Waals surface area contributed by atoms with Crippen molar-refractivity contribution < 1.29 is 31.1 Å². The van der Waals surface area contributed by atoms with Gasteiger partial charge in [-0.15, -0.1) is 0 Å². The predicted molar refractivity (Wildman–Crippen MR) is 130 cm³/mol. The SMILES string of the molecule is CCCCCOc1ccc(-c2ccc(C3CCC(CCCC=C(F)CF)CC3)c(F)c2F)c(F)c1F. The first-order valence-electron chi connectivity index (χ1n) is 12.9. The van der Waals surface area contributed by atoms with E-state index in [1.54, 1.807) is 0 Å². The number of halogens is 6. The Morgan fingerprint density at radius 2 is 1.53 bits per heavy atom. The van der Waals surface area contributed by atoms with Crippen LogP contribution in [0.2, 0.25) is 0 Å². The first-order valence-corrected chi connectivity index (χ1v) is 12.9. The fourth-order valence-corrected chi connectivity index (χ4v) is 4.96. The minimum atomic E-state index is -1.27. The molecule has 0 radical (unpaired) electrons. The van der Waals surface area contributed by atoms with E-state index >= 15 is 8.78 Å². The maximum absolute atomic E-state index is 15.0. The maximum atomic E-state index is 15.0. The van der Waals surface area contributed by atoms with Gasteiger partial charge >= 0.3 is 0 Å². The van der Waals surface area contributed by atoms with E-state index in [2.05, 4.69) is 0 Å². The first kappa shape index (κ1) is 28.1. The van der Waals surface area contributed by atoms with Gasteiger partial charge in [-0.25, -0.2) is 22.0 Å². The van der Waals surface area contributed by atoms with Crippen molar-refractivity contribution in [3.8, 4) is 16.9 Å². The molecular weight excluding hydrogens is 478 g/mol. The third-order valence-corrected chi connectivity index (χ3v) is 7.05. The molecule has 3 rings (SSSR count). The molecule has 7 heteroatoms. The van der Waals surface area contributed by atoms with Gasteiger partial charge in [-0.3, -0.25) is 0 Å². The van der Waals surface area contributed by atoms with Crippen LogP contribution in [-0.4, -0.2) is 13.3 Å². The molecule has 2 aromatic carbocycles. The third-order valence-electron chi connectivity index (χ3n) is 7.05. The highest BCUT2D eigenvalue weighted by Crippen LogP contribution is 2.41. The fraction of sp³-hybridized carbons (Fsp3) is 0.517. The Hall–Kier alpha value is -2.44. The van der Waals surface area contributed by atoms with E-state index in [0.29, 0.717) is 31.6 Å². The number of hydrogen-bond donors (Lipinski definition) is 0. The van der Waals surface area contributed by atoms with Crippen LogP contribution in [0.3, 0.4) is 0 Å². The summed E-state index contributed by atoms with van der Waals surface area (Å²) >= 11 is 0. The van der Waals surface area contributed by atoms with Crippen LogP contribution in [0.5, 0.6) is 5.75 Å². The summed E-state index contributed by atoms with van der Waals surface area (Å²) < 4.78 is 89.6. The molecule has 1 nitrogen and oxygen atoms in total. The average Bonchev–Trinajstić information content (AvgIpc) is 2.89. The number of benzene rings is 2. The van der Waals surface area contributed by atoms with Crippen LogP contribution >= 0.6 is 0 Å². The van der Waals surface area contributed by atoms with Crippen molar-refractivity contribution in [2.24, 2.45) is 5.92 Å². The molecule has 1 aliphatic carbocycles. The van der Waals surface area contributed by atoms with Gasteiger partial charge < -0.3 is 4.74 Å². The molecule has 0 N–H and O–H groups in total. The van der Waals surface area contributed by atoms with Crippen LogP contribution in [0.25, 0.3) is 11.1 Å². The van der Waals surface area contributed by atoms with E-state index in [9.17, 15) is 17.6 Å². The topological polar surface area (TPSA) is 9.23 Å². The van der Waals surface area contributed by atoms with Gasteiger partial charge in [-0.1, -0.05) is 44.4 Å². The largest absolute Gasteiger partial charge is 0.490 e. The predicted octanol–water partition coefficient (Wildman–Crippen LogP) is 9.75. The zero-order valence-corrected chi connectivity index (χ0v) is 20.7. The molecule has 0 unspecified atom stereocenters. The normalized spacial score (nSPS) is 18.5. The standard InChI is InChI=1S/C29H34F6O/c1-2-3-6-17-36-25-16-15-24(28(34)29(25)35)23-14-13-22(26(32)27(23)33)20-11-9-19(10-12-20)7-4-5-8-21(31)18-30/h8,13-16,19-20H,2-7,9-12,17-18H2,1H3. The third kappa shape index (κ3) is 7.07. The molecule has 1 saturated carbocycles.